The van der Waals surface area contributed by atoms with E-state index in [-0.39, 0.29) is 35.7 Å². The summed E-state index contributed by atoms with van der Waals surface area (Å²) in [7, 11) is 1.50. The Morgan fingerprint density at radius 3 is 2.48 bits per heavy atom. The molecule has 1 aliphatic rings. The van der Waals surface area contributed by atoms with Crippen LogP contribution in [0.15, 0.2) is 54.7 Å². The average Bonchev–Trinajstić information content (AvgIpc) is 2.93. The van der Waals surface area contributed by atoms with E-state index in [2.05, 4.69) is 26.3 Å². The van der Waals surface area contributed by atoms with Gasteiger partial charge in [-0.05, 0) is 55.8 Å². The largest absolute Gasteiger partial charge is 0.488 e. The topological polar surface area (TPSA) is 114 Å². The highest BCUT2D eigenvalue weighted by Crippen LogP contribution is 2.41. The number of aromatic nitrogens is 1. The molecule has 3 amide bonds. The molecule has 9 nitrogen and oxygen atoms in total. The molecule has 0 atom stereocenters. The molecule has 0 aliphatic carbocycles. The van der Waals surface area contributed by atoms with Crippen LogP contribution in [0.5, 0.6) is 17.2 Å². The van der Waals surface area contributed by atoms with Crippen LogP contribution in [0.4, 0.5) is 23.7 Å². The Labute approximate surface area is 233 Å². The Morgan fingerprint density at radius 1 is 1.07 bits per heavy atom. The zero-order valence-corrected chi connectivity index (χ0v) is 22.2. The molecule has 0 unspecified atom stereocenters. The number of amides is 3. The minimum atomic E-state index is -4.71. The minimum absolute atomic E-state index is 0.0669. The third-order valence-corrected chi connectivity index (χ3v) is 6.32. The van der Waals surface area contributed by atoms with Gasteiger partial charge in [0, 0.05) is 31.9 Å². The van der Waals surface area contributed by atoms with Crippen molar-refractivity contribution in [3.8, 4) is 17.2 Å². The van der Waals surface area contributed by atoms with Crippen molar-refractivity contribution in [3.63, 3.8) is 0 Å². The predicted molar refractivity (Wildman–Crippen MR) is 143 cm³/mol. The lowest BCUT2D eigenvalue weighted by Gasteiger charge is -2.26. The molecule has 0 saturated carbocycles. The molecule has 212 valence electrons. The van der Waals surface area contributed by atoms with Gasteiger partial charge < -0.3 is 30.7 Å². The normalized spacial score (nSPS) is 13.8. The van der Waals surface area contributed by atoms with Gasteiger partial charge in [-0.2, -0.15) is 13.2 Å². The number of carbonyl (C=O) groups excluding carboxylic acids is 2. The van der Waals surface area contributed by atoms with Crippen molar-refractivity contribution >= 4 is 29.2 Å². The van der Waals surface area contributed by atoms with E-state index in [1.165, 1.54) is 19.3 Å². The number of hydrogen-bond acceptors (Lipinski definition) is 6. The zero-order chi connectivity index (χ0) is 28.7. The first-order valence-corrected chi connectivity index (χ1v) is 12.8. The summed E-state index contributed by atoms with van der Waals surface area (Å²) in [6, 6.07) is 11.0. The van der Waals surface area contributed by atoms with Crippen molar-refractivity contribution < 1.29 is 32.2 Å². The smallest absolute Gasteiger partial charge is 0.417 e. The van der Waals surface area contributed by atoms with Crippen molar-refractivity contribution in [2.75, 3.05) is 25.5 Å². The van der Waals surface area contributed by atoms with Crippen LogP contribution in [-0.2, 0) is 12.7 Å². The fourth-order valence-electron chi connectivity index (χ4n) is 3.95. The zero-order valence-electron chi connectivity index (χ0n) is 21.4. The van der Waals surface area contributed by atoms with Crippen molar-refractivity contribution in [2.45, 2.75) is 31.7 Å². The molecule has 2 heterocycles. The SMILES string of the molecule is CNC(=O)c1cc(Oc2ccc(CNC(=O)Nc3cc(C(F)(F)F)c(Cl)cc3OC3CCNCC3)cc2)ccn1. The summed E-state index contributed by atoms with van der Waals surface area (Å²) in [4.78, 5) is 28.4. The van der Waals surface area contributed by atoms with Crippen LogP contribution in [0.1, 0.15) is 34.5 Å². The molecule has 1 aromatic heterocycles. The maximum Gasteiger partial charge on any atom is 0.417 e. The standard InChI is InChI=1S/C27H27ClF3N5O4/c1-32-25(37)23-12-19(8-11-34-23)39-17-4-2-16(3-5-17)15-35-26(38)36-22-13-20(27(29,30)31)21(28)14-24(22)40-18-6-9-33-10-7-18/h2-5,8,11-14,18,33H,6-7,9-10,15H2,1H3,(H,32,37)(H2,35,36,38). The predicted octanol–water partition coefficient (Wildman–Crippen LogP) is 5.36. The molecule has 4 rings (SSSR count). The van der Waals surface area contributed by atoms with E-state index in [0.717, 1.165) is 12.1 Å². The Morgan fingerprint density at radius 2 is 1.80 bits per heavy atom. The van der Waals surface area contributed by atoms with E-state index in [9.17, 15) is 22.8 Å². The second kappa shape index (κ2) is 12.9. The molecule has 0 bridgehead atoms. The monoisotopic (exact) mass is 577 g/mol. The number of pyridine rings is 1. The fourth-order valence-corrected chi connectivity index (χ4v) is 4.21. The lowest BCUT2D eigenvalue weighted by Crippen LogP contribution is -2.34. The Bertz CT molecular complexity index is 1350. The van der Waals surface area contributed by atoms with E-state index < -0.39 is 22.8 Å². The van der Waals surface area contributed by atoms with Gasteiger partial charge in [0.15, 0.2) is 0 Å². The van der Waals surface area contributed by atoms with Crippen LogP contribution >= 0.6 is 11.6 Å². The van der Waals surface area contributed by atoms with Crippen LogP contribution in [0.25, 0.3) is 0 Å². The number of benzene rings is 2. The molecule has 40 heavy (non-hydrogen) atoms. The van der Waals surface area contributed by atoms with Crippen LogP contribution < -0.4 is 30.7 Å². The molecule has 13 heteroatoms. The summed E-state index contributed by atoms with van der Waals surface area (Å²) >= 11 is 5.90. The highest BCUT2D eigenvalue weighted by molar-refractivity contribution is 6.31. The lowest BCUT2D eigenvalue weighted by atomic mass is 10.1. The van der Waals surface area contributed by atoms with Gasteiger partial charge in [0.1, 0.15) is 29.0 Å². The number of nitrogens with one attached hydrogen (secondary N) is 4. The molecular weight excluding hydrogens is 551 g/mol. The Hall–Kier alpha value is -4.03. The summed E-state index contributed by atoms with van der Waals surface area (Å²) in [6.45, 7) is 1.52. The molecule has 3 aromatic rings. The molecular formula is C27H27ClF3N5O4. The molecule has 1 aliphatic heterocycles. The van der Waals surface area contributed by atoms with Gasteiger partial charge in [0.05, 0.1) is 16.3 Å². The van der Waals surface area contributed by atoms with E-state index in [4.69, 9.17) is 21.1 Å². The van der Waals surface area contributed by atoms with Gasteiger partial charge in [-0.3, -0.25) is 9.78 Å². The van der Waals surface area contributed by atoms with Crippen molar-refractivity contribution in [1.29, 1.82) is 0 Å². The number of hydrogen-bond donors (Lipinski definition) is 4. The highest BCUT2D eigenvalue weighted by Gasteiger charge is 2.35. The van der Waals surface area contributed by atoms with Gasteiger partial charge >= 0.3 is 12.2 Å². The molecule has 0 radical (unpaired) electrons. The Kier molecular flexibility index (Phi) is 9.33. The average molecular weight is 578 g/mol. The Balaban J connectivity index is 1.39. The number of nitrogens with zero attached hydrogens (tertiary/aromatic N) is 1. The quantitative estimate of drug-likeness (QED) is 0.287. The van der Waals surface area contributed by atoms with E-state index in [0.29, 0.717) is 43.0 Å². The third kappa shape index (κ3) is 7.76. The molecule has 2 aromatic carbocycles. The van der Waals surface area contributed by atoms with Gasteiger partial charge in [0.2, 0.25) is 0 Å². The van der Waals surface area contributed by atoms with Gasteiger partial charge in [0.25, 0.3) is 5.91 Å². The molecule has 1 saturated heterocycles. The number of ether oxygens (including phenoxy) is 2. The number of rotatable bonds is 8. The van der Waals surface area contributed by atoms with E-state index in [1.54, 1.807) is 30.3 Å². The van der Waals surface area contributed by atoms with Crippen molar-refractivity contribution in [2.24, 2.45) is 0 Å². The second-order valence-corrected chi connectivity index (χ2v) is 9.31. The number of urea groups is 1. The van der Waals surface area contributed by atoms with Crippen LogP contribution in [0.3, 0.4) is 0 Å². The van der Waals surface area contributed by atoms with E-state index in [1.807, 2.05) is 0 Å². The first-order valence-electron chi connectivity index (χ1n) is 12.4. The number of halogens is 4. The van der Waals surface area contributed by atoms with Gasteiger partial charge in [-0.15, -0.1) is 0 Å². The lowest BCUT2D eigenvalue weighted by molar-refractivity contribution is -0.137. The molecule has 1 fully saturated rings. The second-order valence-electron chi connectivity index (χ2n) is 8.90. The third-order valence-electron chi connectivity index (χ3n) is 6.01. The van der Waals surface area contributed by atoms with E-state index >= 15 is 0 Å². The minimum Gasteiger partial charge on any atom is -0.488 e. The maximum absolute atomic E-state index is 13.5. The summed E-state index contributed by atoms with van der Waals surface area (Å²) in [5.41, 5.74) is -0.292. The number of piperidine rings is 1. The summed E-state index contributed by atoms with van der Waals surface area (Å²) in [5, 5.41) is 10.2. The number of alkyl halides is 3. The van der Waals surface area contributed by atoms with Gasteiger partial charge in [-0.25, -0.2) is 4.79 Å². The van der Waals surface area contributed by atoms with Crippen LogP contribution in [0.2, 0.25) is 5.02 Å². The number of anilines is 1. The fraction of sp³-hybridized carbons (Fsp3) is 0.296. The highest BCUT2D eigenvalue weighted by atomic mass is 35.5. The first-order chi connectivity index (χ1) is 19.1. The van der Waals surface area contributed by atoms with Crippen molar-refractivity contribution in [3.05, 3.63) is 76.6 Å². The summed E-state index contributed by atoms with van der Waals surface area (Å²) < 4.78 is 52.1. The van der Waals surface area contributed by atoms with Crippen LogP contribution in [-0.4, -0.2) is 43.2 Å². The molecule has 4 N–H and O–H groups in total. The first kappa shape index (κ1) is 29.0. The summed E-state index contributed by atoms with van der Waals surface area (Å²) in [5.74, 6) is 0.631. The van der Waals surface area contributed by atoms with Crippen molar-refractivity contribution in [1.82, 2.24) is 20.9 Å². The van der Waals surface area contributed by atoms with Gasteiger partial charge in [-0.1, -0.05) is 23.7 Å². The summed E-state index contributed by atoms with van der Waals surface area (Å²) in [6.07, 6.45) is -2.14. The maximum atomic E-state index is 13.5. The van der Waals surface area contributed by atoms with Crippen LogP contribution in [0, 0.1) is 0 Å². The number of carbonyl (C=O) groups is 2. The molecule has 0 spiro atoms.